The number of hydrogen-bond donors (Lipinski definition) is 2. The number of nitrogens with one attached hydrogen (secondary N) is 1. The van der Waals surface area contributed by atoms with E-state index in [1.807, 2.05) is 13.8 Å². The lowest BCUT2D eigenvalue weighted by Gasteiger charge is -2.16. The second-order valence-corrected chi connectivity index (χ2v) is 6.55. The summed E-state index contributed by atoms with van der Waals surface area (Å²) in [5, 5.41) is 9.05. The van der Waals surface area contributed by atoms with Crippen molar-refractivity contribution >= 4 is 15.9 Å². The maximum Gasteiger partial charge on any atom is 0.263 e. The standard InChI is InChI=1S/C13H18N2O3S/c1-9(2)11(7-8-16)14-13-10-5-3-4-6-12(10)19(17,18)15-13/h3-6,9,11,16H,7-8H2,1-2H3,(H,14,15). The highest BCUT2D eigenvalue weighted by molar-refractivity contribution is 7.90. The Labute approximate surface area is 113 Å². The number of benzene rings is 1. The van der Waals surface area contributed by atoms with Crippen LogP contribution in [0.4, 0.5) is 0 Å². The van der Waals surface area contributed by atoms with Crippen LogP contribution in [0.3, 0.4) is 0 Å². The molecule has 0 saturated carbocycles. The Morgan fingerprint density at radius 2 is 2.00 bits per heavy atom. The predicted molar refractivity (Wildman–Crippen MR) is 73.6 cm³/mol. The zero-order valence-electron chi connectivity index (χ0n) is 11.0. The summed E-state index contributed by atoms with van der Waals surface area (Å²) in [5.41, 5.74) is 0.603. The molecule has 6 heteroatoms. The molecule has 5 nitrogen and oxygen atoms in total. The molecule has 1 aliphatic heterocycles. The minimum absolute atomic E-state index is 0.0357. The van der Waals surface area contributed by atoms with Crippen LogP contribution in [0.25, 0.3) is 0 Å². The number of rotatable bonds is 4. The van der Waals surface area contributed by atoms with Crippen molar-refractivity contribution in [2.75, 3.05) is 6.61 Å². The van der Waals surface area contributed by atoms with Gasteiger partial charge in [0.2, 0.25) is 0 Å². The molecule has 2 rings (SSSR count). The number of fused-ring (bicyclic) bond motifs is 1. The van der Waals surface area contributed by atoms with Crippen LogP contribution in [0, 0.1) is 5.92 Å². The van der Waals surface area contributed by atoms with Gasteiger partial charge in [-0.2, -0.15) is 0 Å². The molecule has 0 fully saturated rings. The molecule has 0 aliphatic carbocycles. The average molecular weight is 282 g/mol. The highest BCUT2D eigenvalue weighted by Crippen LogP contribution is 2.23. The van der Waals surface area contributed by atoms with Crippen molar-refractivity contribution in [1.82, 2.24) is 4.72 Å². The number of nitrogens with zero attached hydrogens (tertiary/aromatic N) is 1. The Hall–Kier alpha value is -1.40. The van der Waals surface area contributed by atoms with E-state index >= 15 is 0 Å². The number of aliphatic hydroxyl groups is 1. The van der Waals surface area contributed by atoms with Gasteiger partial charge in [-0.1, -0.05) is 26.0 Å². The summed E-state index contributed by atoms with van der Waals surface area (Å²) in [7, 11) is -3.48. The summed E-state index contributed by atoms with van der Waals surface area (Å²) in [6, 6.07) is 6.68. The molecule has 19 heavy (non-hydrogen) atoms. The zero-order valence-corrected chi connectivity index (χ0v) is 11.8. The molecule has 1 aliphatic rings. The maximum atomic E-state index is 11.9. The van der Waals surface area contributed by atoms with Gasteiger partial charge in [0.1, 0.15) is 5.84 Å². The second kappa shape index (κ2) is 5.30. The van der Waals surface area contributed by atoms with Crippen molar-refractivity contribution in [3.63, 3.8) is 0 Å². The Morgan fingerprint density at radius 3 is 2.63 bits per heavy atom. The van der Waals surface area contributed by atoms with Crippen molar-refractivity contribution < 1.29 is 13.5 Å². The number of hydrogen-bond acceptors (Lipinski definition) is 4. The highest BCUT2D eigenvalue weighted by atomic mass is 32.2. The molecule has 1 unspecified atom stereocenters. The quantitative estimate of drug-likeness (QED) is 0.869. The topological polar surface area (TPSA) is 78.8 Å². The summed E-state index contributed by atoms with van der Waals surface area (Å²) in [5.74, 6) is 0.611. The lowest BCUT2D eigenvalue weighted by atomic mass is 10.0. The first kappa shape index (κ1) is 14.0. The van der Waals surface area contributed by atoms with E-state index in [-0.39, 0.29) is 23.5 Å². The van der Waals surface area contributed by atoms with Crippen LogP contribution >= 0.6 is 0 Å². The van der Waals surface area contributed by atoms with Gasteiger partial charge >= 0.3 is 0 Å². The number of sulfonamides is 1. The molecule has 1 aromatic carbocycles. The fraction of sp³-hybridized carbons (Fsp3) is 0.462. The molecule has 104 valence electrons. The summed E-state index contributed by atoms with van der Waals surface area (Å²) in [6.45, 7) is 4.04. The Morgan fingerprint density at radius 1 is 1.32 bits per heavy atom. The first-order chi connectivity index (χ1) is 8.95. The maximum absolute atomic E-state index is 11.9. The van der Waals surface area contributed by atoms with Crippen LogP contribution in [0.2, 0.25) is 0 Å². The van der Waals surface area contributed by atoms with Crippen LogP contribution in [0.15, 0.2) is 34.2 Å². The first-order valence-electron chi connectivity index (χ1n) is 6.26. The Kier molecular flexibility index (Phi) is 3.91. The van der Waals surface area contributed by atoms with Gasteiger partial charge in [0.15, 0.2) is 0 Å². The van der Waals surface area contributed by atoms with E-state index < -0.39 is 10.0 Å². The minimum atomic E-state index is -3.48. The molecule has 1 heterocycles. The Bertz CT molecular complexity index is 594. The molecule has 0 amide bonds. The molecule has 0 radical (unpaired) electrons. The fourth-order valence-corrected chi connectivity index (χ4v) is 3.31. The van der Waals surface area contributed by atoms with Crippen LogP contribution in [0.5, 0.6) is 0 Å². The highest BCUT2D eigenvalue weighted by Gasteiger charge is 2.31. The van der Waals surface area contributed by atoms with E-state index in [1.165, 1.54) is 0 Å². The molecule has 1 atom stereocenters. The van der Waals surface area contributed by atoms with Gasteiger partial charge in [-0.05, 0) is 24.5 Å². The normalized spacial score (nSPS) is 20.3. The number of aliphatic imine (C=N–C) groups is 1. The fourth-order valence-electron chi connectivity index (χ4n) is 2.07. The Balaban J connectivity index is 2.43. The number of amidine groups is 1. The molecule has 1 aromatic rings. The van der Waals surface area contributed by atoms with E-state index in [4.69, 9.17) is 5.11 Å². The molecule has 0 saturated heterocycles. The molecule has 0 bridgehead atoms. The molecule has 0 aromatic heterocycles. The monoisotopic (exact) mass is 282 g/mol. The molecule has 2 N–H and O–H groups in total. The molecule has 0 spiro atoms. The third-order valence-corrected chi connectivity index (χ3v) is 4.55. The second-order valence-electron chi connectivity index (χ2n) is 4.90. The van der Waals surface area contributed by atoms with Gasteiger partial charge in [-0.25, -0.2) is 8.42 Å². The van der Waals surface area contributed by atoms with Gasteiger partial charge in [0.05, 0.1) is 10.9 Å². The summed E-state index contributed by atoms with van der Waals surface area (Å²) in [6.07, 6.45) is 0.519. The first-order valence-corrected chi connectivity index (χ1v) is 7.75. The van der Waals surface area contributed by atoms with Crippen molar-refractivity contribution in [1.29, 1.82) is 0 Å². The van der Waals surface area contributed by atoms with Crippen LogP contribution in [0.1, 0.15) is 25.8 Å². The van der Waals surface area contributed by atoms with Crippen molar-refractivity contribution in [3.05, 3.63) is 29.8 Å². The summed E-state index contributed by atoms with van der Waals surface area (Å²) in [4.78, 5) is 4.73. The van der Waals surface area contributed by atoms with Gasteiger partial charge in [0.25, 0.3) is 10.0 Å². The van der Waals surface area contributed by atoms with Crippen LogP contribution < -0.4 is 4.72 Å². The molecular formula is C13H18N2O3S. The van der Waals surface area contributed by atoms with E-state index in [2.05, 4.69) is 9.71 Å². The average Bonchev–Trinajstić information content (AvgIpc) is 2.61. The predicted octanol–water partition coefficient (Wildman–Crippen LogP) is 1.13. The smallest absolute Gasteiger partial charge is 0.263 e. The largest absolute Gasteiger partial charge is 0.396 e. The van der Waals surface area contributed by atoms with Gasteiger partial charge in [-0.3, -0.25) is 9.71 Å². The van der Waals surface area contributed by atoms with Crippen molar-refractivity contribution in [3.8, 4) is 0 Å². The van der Waals surface area contributed by atoms with E-state index in [0.29, 0.717) is 17.8 Å². The zero-order chi connectivity index (χ0) is 14.0. The van der Waals surface area contributed by atoms with E-state index in [9.17, 15) is 8.42 Å². The minimum Gasteiger partial charge on any atom is -0.396 e. The summed E-state index contributed by atoms with van der Waals surface area (Å²) < 4.78 is 26.3. The third kappa shape index (κ3) is 2.79. The number of aliphatic hydroxyl groups excluding tert-OH is 1. The van der Waals surface area contributed by atoms with Crippen LogP contribution in [-0.2, 0) is 10.0 Å². The molecular weight excluding hydrogens is 264 g/mol. The van der Waals surface area contributed by atoms with Gasteiger partial charge in [0, 0.05) is 12.2 Å². The lowest BCUT2D eigenvalue weighted by molar-refractivity contribution is 0.262. The van der Waals surface area contributed by atoms with Crippen molar-refractivity contribution in [2.45, 2.75) is 31.2 Å². The van der Waals surface area contributed by atoms with Crippen molar-refractivity contribution in [2.24, 2.45) is 10.9 Å². The van der Waals surface area contributed by atoms with E-state index in [0.717, 1.165) is 0 Å². The summed E-state index contributed by atoms with van der Waals surface area (Å²) >= 11 is 0. The van der Waals surface area contributed by atoms with Gasteiger partial charge in [-0.15, -0.1) is 0 Å². The lowest BCUT2D eigenvalue weighted by Crippen LogP contribution is -2.26. The van der Waals surface area contributed by atoms with E-state index in [1.54, 1.807) is 24.3 Å². The third-order valence-electron chi connectivity index (χ3n) is 3.15. The SMILES string of the molecule is CC(C)C(CCO)N=C1NS(=O)(=O)c2ccccc21. The van der Waals surface area contributed by atoms with Gasteiger partial charge < -0.3 is 5.11 Å². The van der Waals surface area contributed by atoms with Crippen LogP contribution in [-0.4, -0.2) is 32.0 Å².